The van der Waals surface area contributed by atoms with Crippen molar-refractivity contribution in [2.24, 2.45) is 10.2 Å². The third-order valence-electron chi connectivity index (χ3n) is 6.56. The van der Waals surface area contributed by atoms with Crippen LogP contribution in [0.4, 0.5) is 0 Å². The predicted molar refractivity (Wildman–Crippen MR) is 159 cm³/mol. The van der Waals surface area contributed by atoms with E-state index in [0.717, 1.165) is 12.1 Å². The summed E-state index contributed by atoms with van der Waals surface area (Å²) in [6.45, 7) is 4.73. The molecule has 2 heterocycles. The van der Waals surface area contributed by atoms with Crippen LogP contribution in [-0.4, -0.2) is 95.4 Å². The predicted octanol–water partition coefficient (Wildman–Crippen LogP) is 2.57. The Morgan fingerprint density at radius 3 is 1.86 bits per heavy atom. The first-order valence-corrected chi connectivity index (χ1v) is 13.4. The molecule has 0 saturated carbocycles. The normalized spacial score (nSPS) is 11.9. The zero-order valence-corrected chi connectivity index (χ0v) is 24.1. The molecule has 5 aromatic rings. The Morgan fingerprint density at radius 2 is 1.37 bits per heavy atom. The van der Waals surface area contributed by atoms with Gasteiger partial charge in [0.05, 0.1) is 12.4 Å². The molecule has 43 heavy (non-hydrogen) atoms. The number of nitrogens with zero attached hydrogens (tertiary/aromatic N) is 11. The van der Waals surface area contributed by atoms with Crippen LogP contribution in [0.25, 0.3) is 0 Å². The van der Waals surface area contributed by atoms with Gasteiger partial charge in [-0.3, -0.25) is 0 Å². The number of phenolic OH excluding ortho intramolecular Hbond substituents is 2. The molecule has 0 bridgehead atoms. The summed E-state index contributed by atoms with van der Waals surface area (Å²) in [7, 11) is 3.96. The quantitative estimate of drug-likeness (QED) is 0.175. The van der Waals surface area contributed by atoms with Crippen molar-refractivity contribution in [1.82, 2.24) is 45.5 Å². The zero-order valence-electron chi connectivity index (χ0n) is 24.1. The number of aromatic hydroxyl groups is 2. The van der Waals surface area contributed by atoms with Gasteiger partial charge in [-0.2, -0.15) is 10.2 Å². The molecule has 0 amide bonds. The van der Waals surface area contributed by atoms with Crippen molar-refractivity contribution in [1.29, 1.82) is 0 Å². The van der Waals surface area contributed by atoms with E-state index in [1.807, 2.05) is 55.4 Å². The van der Waals surface area contributed by atoms with Gasteiger partial charge in [-0.25, -0.2) is 0 Å². The van der Waals surface area contributed by atoms with E-state index >= 15 is 0 Å². The van der Waals surface area contributed by atoms with Crippen LogP contribution in [0, 0.1) is 13.8 Å². The van der Waals surface area contributed by atoms with Gasteiger partial charge in [0.15, 0.2) is 11.6 Å². The topological polar surface area (TPSA) is 165 Å². The lowest BCUT2D eigenvalue weighted by Crippen LogP contribution is -2.19. The molecular formula is C29H31N11O3. The summed E-state index contributed by atoms with van der Waals surface area (Å²) in [6.07, 6.45) is 3.20. The molecule has 0 atom stereocenters. The minimum atomic E-state index is -0.594. The van der Waals surface area contributed by atoms with Crippen molar-refractivity contribution in [3.63, 3.8) is 0 Å². The van der Waals surface area contributed by atoms with E-state index in [2.05, 4.69) is 41.3 Å². The first kappa shape index (κ1) is 29.0. The first-order valence-electron chi connectivity index (χ1n) is 13.4. The van der Waals surface area contributed by atoms with Gasteiger partial charge in [0.2, 0.25) is 0 Å². The number of hydrogen-bond donors (Lipinski definition) is 2. The number of hydrogen-bond acceptors (Lipinski definition) is 12. The maximum absolute atomic E-state index is 11.2. The van der Waals surface area contributed by atoms with E-state index in [0.29, 0.717) is 46.3 Å². The molecule has 0 aliphatic carbocycles. The fraction of sp³-hybridized carbons (Fsp3) is 0.241. The second-order valence-corrected chi connectivity index (χ2v) is 10.0. The van der Waals surface area contributed by atoms with E-state index in [1.165, 1.54) is 9.58 Å². The van der Waals surface area contributed by atoms with Crippen LogP contribution in [0.3, 0.4) is 0 Å². The standard InChI is InChI=1S/C29H31N11O3/c1-19-32-34-36-39(19)30-17-21-8-10-27(41)25(14-21)29(23-6-5-7-24(16-23)43-13-12-38(3)4)26-15-22(9-11-28(26)42)18-31-40-20(2)33-35-37-40/h5-11,14-18,29,41-42H,12-13H2,1-4H3/b30-17+,31-18+. The average molecular weight is 582 g/mol. The average Bonchev–Trinajstić information content (AvgIpc) is 3.60. The van der Waals surface area contributed by atoms with Gasteiger partial charge in [-0.05, 0) is 114 Å². The van der Waals surface area contributed by atoms with Crippen molar-refractivity contribution in [3.05, 3.63) is 100 Å². The molecule has 5 rings (SSSR count). The number of rotatable bonds is 11. The maximum Gasteiger partial charge on any atom is 0.173 e. The Bertz CT molecular complexity index is 1660. The molecule has 0 saturated heterocycles. The zero-order chi connectivity index (χ0) is 30.3. The number of tetrazole rings is 2. The van der Waals surface area contributed by atoms with E-state index in [-0.39, 0.29) is 11.5 Å². The van der Waals surface area contributed by atoms with Crippen LogP contribution in [0.5, 0.6) is 17.2 Å². The molecule has 2 aromatic heterocycles. The van der Waals surface area contributed by atoms with Crippen molar-refractivity contribution >= 4 is 12.4 Å². The Balaban J connectivity index is 1.59. The summed E-state index contributed by atoms with van der Waals surface area (Å²) in [6, 6.07) is 17.9. The van der Waals surface area contributed by atoms with Crippen LogP contribution >= 0.6 is 0 Å². The first-order chi connectivity index (χ1) is 20.8. The number of ether oxygens (including phenoxy) is 1. The SMILES string of the molecule is Cc1nnnn1/N=C/c1ccc(O)c(C(c2cccc(OCCN(C)C)c2)c2cc(/C=N/n3nnnc3C)ccc2O)c1. The molecule has 14 heteroatoms. The highest BCUT2D eigenvalue weighted by Crippen LogP contribution is 2.41. The number of likely N-dealkylation sites (N-methyl/N-ethyl adjacent to an activating group) is 1. The summed E-state index contributed by atoms with van der Waals surface area (Å²) in [5.41, 5.74) is 3.27. The van der Waals surface area contributed by atoms with Gasteiger partial charge < -0.3 is 19.8 Å². The van der Waals surface area contributed by atoms with E-state index in [1.54, 1.807) is 50.5 Å². The largest absolute Gasteiger partial charge is 0.508 e. The van der Waals surface area contributed by atoms with Gasteiger partial charge >= 0.3 is 0 Å². The lowest BCUT2D eigenvalue weighted by Gasteiger charge is -2.22. The molecule has 220 valence electrons. The highest BCUT2D eigenvalue weighted by molar-refractivity contribution is 5.82. The van der Waals surface area contributed by atoms with Crippen LogP contribution in [-0.2, 0) is 0 Å². The second-order valence-electron chi connectivity index (χ2n) is 10.0. The van der Waals surface area contributed by atoms with Gasteiger partial charge in [0, 0.05) is 23.6 Å². The smallest absolute Gasteiger partial charge is 0.173 e. The van der Waals surface area contributed by atoms with Crippen LogP contribution < -0.4 is 4.74 Å². The minimum Gasteiger partial charge on any atom is -0.508 e. The summed E-state index contributed by atoms with van der Waals surface area (Å²) in [4.78, 5) is 4.65. The highest BCUT2D eigenvalue weighted by atomic mass is 16.5. The summed E-state index contributed by atoms with van der Waals surface area (Å²) in [5.74, 6) is 1.22. The van der Waals surface area contributed by atoms with Crippen LogP contribution in [0.1, 0.15) is 45.4 Å². The fourth-order valence-corrected chi connectivity index (χ4v) is 4.34. The summed E-state index contributed by atoms with van der Waals surface area (Å²) >= 11 is 0. The molecule has 14 nitrogen and oxygen atoms in total. The second kappa shape index (κ2) is 13.0. The highest BCUT2D eigenvalue weighted by Gasteiger charge is 2.24. The Morgan fingerprint density at radius 1 is 0.814 bits per heavy atom. The number of benzene rings is 3. The summed E-state index contributed by atoms with van der Waals surface area (Å²) < 4.78 is 6.02. The Hall–Kier alpha value is -5.50. The Kier molecular flexibility index (Phi) is 8.77. The minimum absolute atomic E-state index is 0.0440. The maximum atomic E-state index is 11.2. The molecule has 0 radical (unpaired) electrons. The van der Waals surface area contributed by atoms with Crippen LogP contribution in [0.15, 0.2) is 70.9 Å². The lowest BCUT2D eigenvalue weighted by atomic mass is 9.83. The lowest BCUT2D eigenvalue weighted by molar-refractivity contribution is 0.261. The summed E-state index contributed by atoms with van der Waals surface area (Å²) in [5, 5.41) is 53.6. The molecule has 0 aliphatic rings. The van der Waals surface area contributed by atoms with E-state index in [9.17, 15) is 10.2 Å². The van der Waals surface area contributed by atoms with Gasteiger partial charge in [0.25, 0.3) is 0 Å². The van der Waals surface area contributed by atoms with E-state index in [4.69, 9.17) is 4.74 Å². The van der Waals surface area contributed by atoms with Gasteiger partial charge in [-0.15, -0.1) is 19.8 Å². The van der Waals surface area contributed by atoms with Gasteiger partial charge in [0.1, 0.15) is 23.9 Å². The van der Waals surface area contributed by atoms with Crippen molar-refractivity contribution < 1.29 is 14.9 Å². The Labute approximate surface area is 247 Å². The van der Waals surface area contributed by atoms with Gasteiger partial charge in [-0.1, -0.05) is 12.1 Å². The third-order valence-corrected chi connectivity index (χ3v) is 6.56. The molecule has 0 spiro atoms. The van der Waals surface area contributed by atoms with Crippen molar-refractivity contribution in [2.75, 3.05) is 27.2 Å². The third kappa shape index (κ3) is 7.05. The van der Waals surface area contributed by atoms with Crippen molar-refractivity contribution in [3.8, 4) is 17.2 Å². The van der Waals surface area contributed by atoms with E-state index < -0.39 is 5.92 Å². The number of phenols is 2. The molecular weight excluding hydrogens is 550 g/mol. The molecule has 3 aromatic carbocycles. The molecule has 2 N–H and O–H groups in total. The molecule has 0 aliphatic heterocycles. The molecule has 0 fully saturated rings. The fourth-order valence-electron chi connectivity index (χ4n) is 4.34. The number of aromatic nitrogens is 8. The van der Waals surface area contributed by atoms with Crippen LogP contribution in [0.2, 0.25) is 0 Å². The monoisotopic (exact) mass is 581 g/mol. The number of aryl methyl sites for hydroxylation is 2. The molecule has 0 unspecified atom stereocenters. The van der Waals surface area contributed by atoms with Crippen molar-refractivity contribution in [2.45, 2.75) is 19.8 Å².